The van der Waals surface area contributed by atoms with Gasteiger partial charge < -0.3 is 55.9 Å². The second-order valence-electron chi connectivity index (χ2n) is 19.4. The molecule has 0 radical (unpaired) electrons. The Bertz CT molecular complexity index is 1860. The Kier molecular flexibility index (Phi) is 24.1. The Morgan fingerprint density at radius 1 is 0.824 bits per heavy atom. The highest BCUT2D eigenvalue weighted by molar-refractivity contribution is 6.05. The molecule has 11 atom stereocenters. The fourth-order valence-electron chi connectivity index (χ4n) is 8.24. The standard InChI is InChI=1S/C49H80N6O13/c1-14-29(8)40(52-46(62)41(31(10)56)53-45(61)34(50-11)22-26(2)3)38(57)25-39(58)68-43(28(6)7)42(59)30(9)44(60)51-35(23-27(4)5)47(63)55-21-15-16-36(55)48(64)54(12)37(49(65)66)24-32-17-19-33(67-13)20-18-32/h17-20,26-31,34-38,40-41,43,50,56-57H,14-16,21-25H2,1-13H3,(H,51,60)(H,52,62)(H,53,61)(H,65,66). The van der Waals surface area contributed by atoms with Gasteiger partial charge >= 0.3 is 11.9 Å². The lowest BCUT2D eigenvalue weighted by Gasteiger charge is -2.34. The first-order valence-electron chi connectivity index (χ1n) is 23.9. The lowest BCUT2D eigenvalue weighted by atomic mass is 9.91. The van der Waals surface area contributed by atoms with Gasteiger partial charge in [0, 0.05) is 20.0 Å². The van der Waals surface area contributed by atoms with E-state index in [0.717, 1.165) is 4.90 Å². The van der Waals surface area contributed by atoms with E-state index >= 15 is 0 Å². The molecule has 68 heavy (non-hydrogen) atoms. The molecule has 0 aliphatic carbocycles. The predicted octanol–water partition coefficient (Wildman–Crippen LogP) is 2.23. The van der Waals surface area contributed by atoms with Crippen molar-refractivity contribution in [3.05, 3.63) is 29.8 Å². The molecule has 1 aromatic carbocycles. The van der Waals surface area contributed by atoms with Crippen molar-refractivity contribution in [1.82, 2.24) is 31.1 Å². The van der Waals surface area contributed by atoms with Crippen molar-refractivity contribution in [3.8, 4) is 5.75 Å². The van der Waals surface area contributed by atoms with Crippen LogP contribution in [0.15, 0.2) is 24.3 Å². The average molecular weight is 961 g/mol. The monoisotopic (exact) mass is 961 g/mol. The van der Waals surface area contributed by atoms with Crippen molar-refractivity contribution in [1.29, 1.82) is 0 Å². The topological polar surface area (TPSA) is 270 Å². The second-order valence-corrected chi connectivity index (χ2v) is 19.4. The highest BCUT2D eigenvalue weighted by atomic mass is 16.5. The SMILES string of the molecule is CCC(C)C(NC(=O)C(NC(=O)C(CC(C)C)NC)C(C)O)C(O)CC(=O)OC(C(=O)C(C)C(=O)NC(CC(C)C)C(=O)N1CCCC1C(=O)N(C)C(Cc1ccc(OC)cc1)C(=O)O)C(C)C. The van der Waals surface area contributed by atoms with Gasteiger partial charge in [-0.15, -0.1) is 0 Å². The molecule has 0 saturated carbocycles. The summed E-state index contributed by atoms with van der Waals surface area (Å²) in [4.78, 5) is 111. The van der Waals surface area contributed by atoms with Gasteiger partial charge in [0.15, 0.2) is 11.9 Å². The maximum absolute atomic E-state index is 14.2. The quantitative estimate of drug-likeness (QED) is 0.0469. The largest absolute Gasteiger partial charge is 0.497 e. The minimum Gasteiger partial charge on any atom is -0.497 e. The summed E-state index contributed by atoms with van der Waals surface area (Å²) in [6.07, 6.45) is -3.09. The van der Waals surface area contributed by atoms with E-state index in [-0.39, 0.29) is 37.6 Å². The smallest absolute Gasteiger partial charge is 0.326 e. The van der Waals surface area contributed by atoms with E-state index in [0.29, 0.717) is 30.6 Å². The summed E-state index contributed by atoms with van der Waals surface area (Å²) < 4.78 is 10.8. The predicted molar refractivity (Wildman–Crippen MR) is 254 cm³/mol. The first-order valence-corrected chi connectivity index (χ1v) is 23.9. The van der Waals surface area contributed by atoms with E-state index < -0.39 is 126 Å². The number of benzene rings is 1. The summed E-state index contributed by atoms with van der Waals surface area (Å²) in [6, 6.07) is 0.388. The molecular weight excluding hydrogens is 881 g/mol. The molecule has 1 saturated heterocycles. The number of Topliss-reactive ketones (excluding diaryl/α,β-unsaturated/α-hetero) is 1. The number of carboxylic acid groups (broad SMARTS) is 1. The fourth-order valence-corrected chi connectivity index (χ4v) is 8.24. The van der Waals surface area contributed by atoms with Crippen LogP contribution in [-0.4, -0.2) is 155 Å². The molecule has 19 nitrogen and oxygen atoms in total. The zero-order valence-corrected chi connectivity index (χ0v) is 42.4. The Morgan fingerprint density at radius 2 is 1.41 bits per heavy atom. The van der Waals surface area contributed by atoms with Gasteiger partial charge in [-0.1, -0.05) is 73.9 Å². The number of hydrogen-bond donors (Lipinski definition) is 7. The van der Waals surface area contributed by atoms with Crippen molar-refractivity contribution in [2.75, 3.05) is 27.7 Å². The van der Waals surface area contributed by atoms with E-state index in [4.69, 9.17) is 9.47 Å². The van der Waals surface area contributed by atoms with Gasteiger partial charge in [-0.2, -0.15) is 0 Å². The Hall–Kier alpha value is -5.14. The minimum atomic E-state index is -1.52. The number of carbonyl (C=O) groups is 8. The summed E-state index contributed by atoms with van der Waals surface area (Å²) in [5.41, 5.74) is 0.663. The number of ketones is 1. The first kappa shape index (κ1) is 59.0. The van der Waals surface area contributed by atoms with Crippen LogP contribution in [0.2, 0.25) is 0 Å². The van der Waals surface area contributed by atoms with Gasteiger partial charge in [-0.05, 0) is 87.9 Å². The number of nitrogens with zero attached hydrogens (tertiary/aromatic N) is 2. The number of amides is 5. The zero-order chi connectivity index (χ0) is 51.7. The average Bonchev–Trinajstić information content (AvgIpc) is 3.78. The molecular formula is C49H80N6O13. The lowest BCUT2D eigenvalue weighted by Crippen LogP contribution is -2.60. The highest BCUT2D eigenvalue weighted by Gasteiger charge is 2.43. The van der Waals surface area contributed by atoms with Gasteiger partial charge in [-0.25, -0.2) is 4.79 Å². The summed E-state index contributed by atoms with van der Waals surface area (Å²) >= 11 is 0. The van der Waals surface area contributed by atoms with Crippen LogP contribution in [-0.2, 0) is 49.5 Å². The molecule has 0 bridgehead atoms. The molecule has 11 unspecified atom stereocenters. The number of aliphatic hydroxyl groups excluding tert-OH is 2. The van der Waals surface area contributed by atoms with Crippen molar-refractivity contribution in [2.45, 2.75) is 169 Å². The molecule has 1 heterocycles. The van der Waals surface area contributed by atoms with E-state index in [1.54, 1.807) is 52.1 Å². The van der Waals surface area contributed by atoms with E-state index in [1.807, 2.05) is 34.6 Å². The maximum atomic E-state index is 14.2. The fraction of sp³-hybridized carbons (Fsp3) is 0.714. The summed E-state index contributed by atoms with van der Waals surface area (Å²) in [5.74, 6) is -7.98. The normalized spacial score (nSPS) is 18.3. The summed E-state index contributed by atoms with van der Waals surface area (Å²) in [6.45, 7) is 17.2. The van der Waals surface area contributed by atoms with E-state index in [9.17, 15) is 53.7 Å². The van der Waals surface area contributed by atoms with E-state index in [1.165, 1.54) is 32.9 Å². The number of carboxylic acids is 1. The molecule has 0 spiro atoms. The Labute approximate surface area is 402 Å². The summed E-state index contributed by atoms with van der Waals surface area (Å²) in [5, 5.41) is 42.9. The van der Waals surface area contributed by atoms with Gasteiger partial charge in [-0.3, -0.25) is 33.6 Å². The highest BCUT2D eigenvalue weighted by Crippen LogP contribution is 2.25. The molecule has 7 N–H and O–H groups in total. The maximum Gasteiger partial charge on any atom is 0.326 e. The molecule has 1 aromatic rings. The van der Waals surface area contributed by atoms with Crippen molar-refractivity contribution < 1.29 is 63.1 Å². The molecule has 1 aliphatic rings. The number of methoxy groups -OCH3 is 1. The number of aliphatic carboxylic acids is 1. The third kappa shape index (κ3) is 17.1. The third-order valence-corrected chi connectivity index (χ3v) is 12.6. The Morgan fingerprint density at radius 3 is 1.91 bits per heavy atom. The number of nitrogens with one attached hydrogen (secondary N) is 4. The summed E-state index contributed by atoms with van der Waals surface area (Å²) in [7, 11) is 4.51. The van der Waals surface area contributed by atoms with Crippen LogP contribution in [0.5, 0.6) is 5.75 Å². The van der Waals surface area contributed by atoms with Gasteiger partial charge in [0.25, 0.3) is 0 Å². The number of carbonyl (C=O) groups excluding carboxylic acids is 7. The van der Waals surface area contributed by atoms with Crippen LogP contribution >= 0.6 is 0 Å². The number of rotatable bonds is 28. The number of likely N-dealkylation sites (tertiary alicyclic amines) is 1. The van der Waals surface area contributed by atoms with Crippen molar-refractivity contribution in [2.24, 2.45) is 29.6 Å². The molecule has 5 amide bonds. The van der Waals surface area contributed by atoms with Crippen LogP contribution in [0.1, 0.15) is 113 Å². The lowest BCUT2D eigenvalue weighted by molar-refractivity contribution is -0.162. The van der Waals surface area contributed by atoms with Crippen LogP contribution in [0.3, 0.4) is 0 Å². The molecule has 0 aromatic heterocycles. The number of ether oxygens (including phenoxy) is 2. The zero-order valence-electron chi connectivity index (χ0n) is 42.4. The molecule has 1 fully saturated rings. The van der Waals surface area contributed by atoms with Gasteiger partial charge in [0.1, 0.15) is 29.9 Å². The minimum absolute atomic E-state index is 0.00815. The van der Waals surface area contributed by atoms with Gasteiger partial charge in [0.2, 0.25) is 29.5 Å². The van der Waals surface area contributed by atoms with Crippen molar-refractivity contribution in [3.63, 3.8) is 0 Å². The van der Waals surface area contributed by atoms with Crippen LogP contribution < -0.4 is 26.0 Å². The van der Waals surface area contributed by atoms with Crippen LogP contribution in [0, 0.1) is 29.6 Å². The number of likely N-dealkylation sites (N-methyl/N-ethyl adjacent to an activating group) is 2. The first-order chi connectivity index (χ1) is 31.8. The van der Waals surface area contributed by atoms with Crippen LogP contribution in [0.25, 0.3) is 0 Å². The molecule has 2 rings (SSSR count). The van der Waals surface area contributed by atoms with E-state index in [2.05, 4.69) is 21.3 Å². The number of hydrogen-bond acceptors (Lipinski definition) is 13. The second kappa shape index (κ2) is 27.8. The van der Waals surface area contributed by atoms with Crippen LogP contribution in [0.4, 0.5) is 0 Å². The Balaban J connectivity index is 2.22. The third-order valence-electron chi connectivity index (χ3n) is 12.6. The molecule has 19 heteroatoms. The van der Waals surface area contributed by atoms with Gasteiger partial charge in [0.05, 0.1) is 43.7 Å². The molecule has 1 aliphatic heterocycles. The molecule has 384 valence electrons. The van der Waals surface area contributed by atoms with Crippen molar-refractivity contribution >= 4 is 47.3 Å². The number of aliphatic hydroxyl groups is 2. The number of esters is 1.